The number of nitrogens with two attached hydrogens (primary N) is 1. The molecule has 3 rings (SSSR count). The first-order valence-corrected chi connectivity index (χ1v) is 6.87. The summed E-state index contributed by atoms with van der Waals surface area (Å²) in [6, 6.07) is 12.5. The molecule has 0 saturated carbocycles. The maximum absolute atomic E-state index is 5.69. The molecular weight excluding hydrogens is 242 g/mol. The first-order chi connectivity index (χ1) is 8.76. The standard InChI is InChI=1S/C14H13N3S/c1-18-12-4-2-3-10(7-12)11-5-6-14-16-13(15)9-17(14)8-11/h2-9H,15H2,1H3. The lowest BCUT2D eigenvalue weighted by molar-refractivity contribution is 1.19. The molecule has 0 aliphatic rings. The maximum atomic E-state index is 5.69. The van der Waals surface area contributed by atoms with Crippen LogP contribution in [0.2, 0.25) is 0 Å². The molecule has 0 aliphatic heterocycles. The van der Waals surface area contributed by atoms with Gasteiger partial charge in [-0.3, -0.25) is 0 Å². The number of thioether (sulfide) groups is 1. The summed E-state index contributed by atoms with van der Waals surface area (Å²) in [5, 5.41) is 0. The number of imidazole rings is 1. The fraction of sp³-hybridized carbons (Fsp3) is 0.0714. The Morgan fingerprint density at radius 2 is 2.00 bits per heavy atom. The maximum Gasteiger partial charge on any atom is 0.142 e. The van der Waals surface area contributed by atoms with Crippen molar-refractivity contribution in [1.82, 2.24) is 9.38 Å². The quantitative estimate of drug-likeness (QED) is 0.714. The molecular formula is C14H13N3S. The summed E-state index contributed by atoms with van der Waals surface area (Å²) in [7, 11) is 0. The van der Waals surface area contributed by atoms with E-state index in [9.17, 15) is 0 Å². The second-order valence-corrected chi connectivity index (χ2v) is 4.96. The molecule has 1 aromatic carbocycles. The van der Waals surface area contributed by atoms with Crippen LogP contribution in [0.15, 0.2) is 53.7 Å². The van der Waals surface area contributed by atoms with Crippen LogP contribution < -0.4 is 5.73 Å². The normalized spacial score (nSPS) is 10.9. The Morgan fingerprint density at radius 3 is 2.83 bits per heavy atom. The highest BCUT2D eigenvalue weighted by Crippen LogP contribution is 2.25. The number of aromatic nitrogens is 2. The third-order valence-electron chi connectivity index (χ3n) is 2.87. The van der Waals surface area contributed by atoms with Gasteiger partial charge in [-0.05, 0) is 41.6 Å². The van der Waals surface area contributed by atoms with E-state index in [0.29, 0.717) is 5.82 Å². The van der Waals surface area contributed by atoms with E-state index in [-0.39, 0.29) is 0 Å². The Morgan fingerprint density at radius 1 is 1.11 bits per heavy atom. The van der Waals surface area contributed by atoms with Crippen LogP contribution in [0.4, 0.5) is 5.82 Å². The van der Waals surface area contributed by atoms with Crippen molar-refractivity contribution in [3.05, 3.63) is 48.8 Å². The van der Waals surface area contributed by atoms with E-state index in [2.05, 4.69) is 47.8 Å². The molecule has 2 heterocycles. The van der Waals surface area contributed by atoms with Gasteiger partial charge in [0.25, 0.3) is 0 Å². The summed E-state index contributed by atoms with van der Waals surface area (Å²) in [4.78, 5) is 5.48. The van der Waals surface area contributed by atoms with E-state index in [1.807, 2.05) is 16.7 Å². The molecule has 0 radical (unpaired) electrons. The lowest BCUT2D eigenvalue weighted by atomic mass is 10.1. The fourth-order valence-corrected chi connectivity index (χ4v) is 2.44. The third kappa shape index (κ3) is 1.95. The van der Waals surface area contributed by atoms with Gasteiger partial charge in [0.15, 0.2) is 0 Å². The number of pyridine rings is 1. The summed E-state index contributed by atoms with van der Waals surface area (Å²) in [5.74, 6) is 0.546. The van der Waals surface area contributed by atoms with Crippen molar-refractivity contribution in [2.24, 2.45) is 0 Å². The van der Waals surface area contributed by atoms with Crippen molar-refractivity contribution in [1.29, 1.82) is 0 Å². The molecule has 3 aromatic rings. The summed E-state index contributed by atoms with van der Waals surface area (Å²) < 4.78 is 1.95. The molecule has 0 amide bonds. The average molecular weight is 255 g/mol. The molecule has 0 fully saturated rings. The lowest BCUT2D eigenvalue weighted by Crippen LogP contribution is -1.85. The zero-order valence-corrected chi connectivity index (χ0v) is 10.8. The van der Waals surface area contributed by atoms with Gasteiger partial charge in [-0.25, -0.2) is 4.98 Å². The van der Waals surface area contributed by atoms with Crippen LogP contribution in [-0.4, -0.2) is 15.6 Å². The molecule has 4 heteroatoms. The highest BCUT2D eigenvalue weighted by Gasteiger charge is 2.02. The first kappa shape index (κ1) is 11.2. The van der Waals surface area contributed by atoms with Gasteiger partial charge >= 0.3 is 0 Å². The van der Waals surface area contributed by atoms with Crippen LogP contribution in [0.5, 0.6) is 0 Å². The topological polar surface area (TPSA) is 43.3 Å². The predicted octanol–water partition coefficient (Wildman–Crippen LogP) is 3.31. The summed E-state index contributed by atoms with van der Waals surface area (Å²) in [5.41, 5.74) is 8.93. The second-order valence-electron chi connectivity index (χ2n) is 4.08. The van der Waals surface area contributed by atoms with Crippen LogP contribution in [0, 0.1) is 0 Å². The van der Waals surface area contributed by atoms with Gasteiger partial charge in [-0.2, -0.15) is 0 Å². The summed E-state index contributed by atoms with van der Waals surface area (Å²) in [6.45, 7) is 0. The van der Waals surface area contributed by atoms with Gasteiger partial charge in [0.2, 0.25) is 0 Å². The zero-order chi connectivity index (χ0) is 12.5. The molecule has 0 saturated heterocycles. The lowest BCUT2D eigenvalue weighted by Gasteiger charge is -2.04. The molecule has 0 spiro atoms. The van der Waals surface area contributed by atoms with Crippen molar-refractivity contribution in [2.75, 3.05) is 12.0 Å². The number of nitrogens with zero attached hydrogens (tertiary/aromatic N) is 2. The predicted molar refractivity (Wildman–Crippen MR) is 76.8 cm³/mol. The minimum Gasteiger partial charge on any atom is -0.382 e. The molecule has 90 valence electrons. The number of benzene rings is 1. The van der Waals surface area contributed by atoms with Gasteiger partial charge in [0.05, 0.1) is 6.20 Å². The Labute approximate surface area is 110 Å². The zero-order valence-electron chi connectivity index (χ0n) is 10.00. The third-order valence-corrected chi connectivity index (χ3v) is 3.60. The second kappa shape index (κ2) is 4.38. The Hall–Kier alpha value is -1.94. The average Bonchev–Trinajstić information content (AvgIpc) is 2.77. The number of hydrogen-bond acceptors (Lipinski definition) is 3. The number of fused-ring (bicyclic) bond motifs is 1. The van der Waals surface area contributed by atoms with E-state index in [0.717, 1.165) is 11.2 Å². The molecule has 18 heavy (non-hydrogen) atoms. The molecule has 0 bridgehead atoms. The van der Waals surface area contributed by atoms with Crippen LogP contribution in [0.1, 0.15) is 0 Å². The first-order valence-electron chi connectivity index (χ1n) is 5.65. The van der Waals surface area contributed by atoms with Crippen molar-refractivity contribution >= 4 is 23.2 Å². The van der Waals surface area contributed by atoms with Crippen LogP contribution in [0.3, 0.4) is 0 Å². The van der Waals surface area contributed by atoms with Crippen LogP contribution in [0.25, 0.3) is 16.8 Å². The van der Waals surface area contributed by atoms with E-state index in [4.69, 9.17) is 5.73 Å². The van der Waals surface area contributed by atoms with Gasteiger partial charge in [0, 0.05) is 11.1 Å². The Kier molecular flexibility index (Phi) is 2.72. The van der Waals surface area contributed by atoms with E-state index < -0.39 is 0 Å². The largest absolute Gasteiger partial charge is 0.382 e. The van der Waals surface area contributed by atoms with Gasteiger partial charge in [-0.1, -0.05) is 12.1 Å². The fourth-order valence-electron chi connectivity index (χ4n) is 1.98. The molecule has 0 aliphatic carbocycles. The van der Waals surface area contributed by atoms with Crippen molar-refractivity contribution in [3.63, 3.8) is 0 Å². The number of rotatable bonds is 2. The molecule has 2 aromatic heterocycles. The number of hydrogen-bond donors (Lipinski definition) is 1. The highest BCUT2D eigenvalue weighted by atomic mass is 32.2. The Bertz CT molecular complexity index is 703. The van der Waals surface area contributed by atoms with E-state index in [1.54, 1.807) is 11.8 Å². The van der Waals surface area contributed by atoms with Crippen molar-refractivity contribution in [3.8, 4) is 11.1 Å². The molecule has 2 N–H and O–H groups in total. The molecule has 3 nitrogen and oxygen atoms in total. The van der Waals surface area contributed by atoms with Crippen LogP contribution in [-0.2, 0) is 0 Å². The van der Waals surface area contributed by atoms with Crippen molar-refractivity contribution < 1.29 is 0 Å². The Balaban J connectivity index is 2.12. The van der Waals surface area contributed by atoms with Crippen molar-refractivity contribution in [2.45, 2.75) is 4.90 Å². The summed E-state index contributed by atoms with van der Waals surface area (Å²) in [6.07, 6.45) is 5.97. The van der Waals surface area contributed by atoms with E-state index >= 15 is 0 Å². The molecule has 0 unspecified atom stereocenters. The number of nitrogen functional groups attached to an aromatic ring is 1. The SMILES string of the molecule is CSc1cccc(-c2ccc3nc(N)cn3c2)c1. The van der Waals surface area contributed by atoms with E-state index in [1.165, 1.54) is 10.5 Å². The summed E-state index contributed by atoms with van der Waals surface area (Å²) >= 11 is 1.75. The minimum atomic E-state index is 0.546. The van der Waals surface area contributed by atoms with Gasteiger partial charge < -0.3 is 10.1 Å². The van der Waals surface area contributed by atoms with Gasteiger partial charge in [0.1, 0.15) is 11.5 Å². The minimum absolute atomic E-state index is 0.546. The van der Waals surface area contributed by atoms with Gasteiger partial charge in [-0.15, -0.1) is 11.8 Å². The van der Waals surface area contributed by atoms with Crippen LogP contribution >= 0.6 is 11.8 Å². The monoisotopic (exact) mass is 255 g/mol. The highest BCUT2D eigenvalue weighted by molar-refractivity contribution is 7.98. The smallest absolute Gasteiger partial charge is 0.142 e. The number of anilines is 1. The molecule has 0 atom stereocenters.